The van der Waals surface area contributed by atoms with Gasteiger partial charge in [0, 0.05) is 59.4 Å². The fraction of sp³-hybridized carbons (Fsp3) is 0.625. The SMILES string of the molecule is CN(C)c1nc2sc(C(=O)N3CCC(N4CCNCC4)C3)cc2s1.Cl.Cl. The monoisotopic (exact) mass is 437 g/mol. The van der Waals surface area contributed by atoms with Crippen LogP contribution >= 0.6 is 47.5 Å². The molecular formula is C16H25Cl2N5OS2. The number of halogens is 2. The summed E-state index contributed by atoms with van der Waals surface area (Å²) in [5.74, 6) is 0.175. The van der Waals surface area contributed by atoms with Gasteiger partial charge in [0.15, 0.2) is 5.13 Å². The van der Waals surface area contributed by atoms with Crippen LogP contribution in [-0.2, 0) is 0 Å². The third-order valence-electron chi connectivity index (χ3n) is 4.79. The van der Waals surface area contributed by atoms with Gasteiger partial charge in [-0.25, -0.2) is 4.98 Å². The number of nitrogens with zero attached hydrogens (tertiary/aromatic N) is 4. The van der Waals surface area contributed by atoms with E-state index in [9.17, 15) is 4.79 Å². The summed E-state index contributed by atoms with van der Waals surface area (Å²) >= 11 is 3.17. The average Bonchev–Trinajstić information content (AvgIpc) is 3.29. The standard InChI is InChI=1S/C16H23N5OS2.2ClH/c1-19(2)16-18-14-12(24-16)9-13(23-14)15(22)21-6-3-11(10-21)20-7-4-17-5-8-20;;/h9,11,17H,3-8,10H2,1-2H3;2*1H. The number of fused-ring (bicyclic) bond motifs is 1. The minimum Gasteiger partial charge on any atom is -0.354 e. The number of piperazine rings is 1. The Morgan fingerprint density at radius 1 is 1.23 bits per heavy atom. The first kappa shape index (κ1) is 21.7. The number of likely N-dealkylation sites (tertiary alicyclic amines) is 1. The number of hydrogen-bond donors (Lipinski definition) is 1. The molecule has 4 heterocycles. The quantitative estimate of drug-likeness (QED) is 0.798. The number of nitrogens with one attached hydrogen (secondary N) is 1. The molecule has 0 radical (unpaired) electrons. The summed E-state index contributed by atoms with van der Waals surface area (Å²) in [6.45, 7) is 6.05. The predicted octanol–water partition coefficient (Wildman–Crippen LogP) is 2.39. The summed E-state index contributed by atoms with van der Waals surface area (Å²) in [5.41, 5.74) is 0. The number of carbonyl (C=O) groups excluding carboxylic acids is 1. The van der Waals surface area contributed by atoms with Gasteiger partial charge in [-0.2, -0.15) is 0 Å². The number of amides is 1. The van der Waals surface area contributed by atoms with Crippen molar-refractivity contribution in [2.75, 3.05) is 58.3 Å². The van der Waals surface area contributed by atoms with Gasteiger partial charge in [-0.3, -0.25) is 9.69 Å². The van der Waals surface area contributed by atoms with Crippen LogP contribution in [0.2, 0.25) is 0 Å². The number of rotatable bonds is 3. The maximum absolute atomic E-state index is 12.8. The van der Waals surface area contributed by atoms with Gasteiger partial charge in [-0.05, 0) is 12.5 Å². The molecule has 6 nitrogen and oxygen atoms in total. The van der Waals surface area contributed by atoms with Crippen LogP contribution in [0, 0.1) is 0 Å². The molecule has 2 aromatic rings. The second kappa shape index (κ2) is 9.03. The highest BCUT2D eigenvalue weighted by molar-refractivity contribution is 7.29. The van der Waals surface area contributed by atoms with Crippen molar-refractivity contribution in [3.8, 4) is 0 Å². The lowest BCUT2D eigenvalue weighted by molar-refractivity contribution is 0.0778. The Kier molecular flexibility index (Phi) is 7.52. The molecule has 0 aromatic carbocycles. The molecular weight excluding hydrogens is 413 g/mol. The molecule has 4 rings (SSSR count). The van der Waals surface area contributed by atoms with Crippen molar-refractivity contribution in [1.29, 1.82) is 0 Å². The average molecular weight is 438 g/mol. The fourth-order valence-corrected chi connectivity index (χ4v) is 5.55. The number of anilines is 1. The van der Waals surface area contributed by atoms with Gasteiger partial charge in [0.25, 0.3) is 5.91 Å². The Hall–Kier alpha value is -0.640. The Labute approximate surface area is 174 Å². The number of hydrogen-bond acceptors (Lipinski definition) is 7. The van der Waals surface area contributed by atoms with Crippen molar-refractivity contribution in [3.63, 3.8) is 0 Å². The molecule has 2 saturated heterocycles. The molecule has 1 atom stereocenters. The zero-order valence-corrected chi connectivity index (χ0v) is 18.2. The molecule has 1 unspecified atom stereocenters. The van der Waals surface area contributed by atoms with E-state index in [1.165, 1.54) is 11.3 Å². The van der Waals surface area contributed by atoms with Crippen molar-refractivity contribution in [2.45, 2.75) is 12.5 Å². The number of carbonyl (C=O) groups is 1. The molecule has 10 heteroatoms. The molecule has 2 fully saturated rings. The lowest BCUT2D eigenvalue weighted by Gasteiger charge is -2.32. The molecule has 1 N–H and O–H groups in total. The normalized spacial score (nSPS) is 20.7. The Morgan fingerprint density at radius 2 is 1.96 bits per heavy atom. The van der Waals surface area contributed by atoms with Gasteiger partial charge < -0.3 is 15.1 Å². The second-order valence-electron chi connectivity index (χ2n) is 6.65. The van der Waals surface area contributed by atoms with E-state index in [2.05, 4.69) is 15.2 Å². The van der Waals surface area contributed by atoms with Crippen molar-refractivity contribution in [2.24, 2.45) is 0 Å². The molecule has 0 spiro atoms. The minimum absolute atomic E-state index is 0. The molecule has 0 aliphatic carbocycles. The second-order valence-corrected chi connectivity index (χ2v) is 8.69. The smallest absolute Gasteiger partial charge is 0.264 e. The first-order valence-corrected chi connectivity index (χ1v) is 10.1. The van der Waals surface area contributed by atoms with Gasteiger partial charge in [0.1, 0.15) is 4.83 Å². The van der Waals surface area contributed by atoms with Crippen LogP contribution < -0.4 is 10.2 Å². The van der Waals surface area contributed by atoms with Crippen LogP contribution in [0.1, 0.15) is 16.1 Å². The number of aromatic nitrogens is 1. The number of thiazole rings is 1. The molecule has 2 aliphatic heterocycles. The van der Waals surface area contributed by atoms with Crippen LogP contribution in [0.25, 0.3) is 9.53 Å². The highest BCUT2D eigenvalue weighted by atomic mass is 35.5. The van der Waals surface area contributed by atoms with Crippen LogP contribution in [0.3, 0.4) is 0 Å². The van der Waals surface area contributed by atoms with Crippen LogP contribution in [0.5, 0.6) is 0 Å². The van der Waals surface area contributed by atoms with E-state index in [4.69, 9.17) is 0 Å². The van der Waals surface area contributed by atoms with Crippen molar-refractivity contribution in [1.82, 2.24) is 20.1 Å². The van der Waals surface area contributed by atoms with Crippen LogP contribution in [0.15, 0.2) is 6.07 Å². The molecule has 1 amide bonds. The highest BCUT2D eigenvalue weighted by Crippen LogP contribution is 2.34. The topological polar surface area (TPSA) is 51.7 Å². The summed E-state index contributed by atoms with van der Waals surface area (Å²) < 4.78 is 1.12. The Balaban J connectivity index is 0.00000121. The lowest BCUT2D eigenvalue weighted by atomic mass is 10.2. The van der Waals surface area contributed by atoms with E-state index in [-0.39, 0.29) is 30.7 Å². The highest BCUT2D eigenvalue weighted by Gasteiger charge is 2.32. The molecule has 0 saturated carbocycles. The van der Waals surface area contributed by atoms with E-state index in [1.54, 1.807) is 11.3 Å². The summed E-state index contributed by atoms with van der Waals surface area (Å²) in [7, 11) is 3.99. The summed E-state index contributed by atoms with van der Waals surface area (Å²) in [4.78, 5) is 25.8. The zero-order valence-electron chi connectivity index (χ0n) is 14.9. The zero-order chi connectivity index (χ0) is 16.7. The van der Waals surface area contributed by atoms with E-state index in [0.717, 1.165) is 65.2 Å². The van der Waals surface area contributed by atoms with Gasteiger partial charge in [0.2, 0.25) is 0 Å². The van der Waals surface area contributed by atoms with Crippen molar-refractivity contribution < 1.29 is 4.79 Å². The van der Waals surface area contributed by atoms with Crippen molar-refractivity contribution >= 4 is 68.1 Å². The molecule has 2 aromatic heterocycles. The lowest BCUT2D eigenvalue weighted by Crippen LogP contribution is -2.49. The van der Waals surface area contributed by atoms with Crippen LogP contribution in [-0.4, -0.2) is 80.1 Å². The van der Waals surface area contributed by atoms with E-state index >= 15 is 0 Å². The van der Waals surface area contributed by atoms with Gasteiger partial charge >= 0.3 is 0 Å². The Morgan fingerprint density at radius 3 is 2.62 bits per heavy atom. The summed E-state index contributed by atoms with van der Waals surface area (Å²) in [5, 5.41) is 4.39. The third kappa shape index (κ3) is 4.26. The van der Waals surface area contributed by atoms with E-state index in [1.807, 2.05) is 30.0 Å². The fourth-order valence-electron chi connectivity index (χ4n) is 3.45. The first-order chi connectivity index (χ1) is 11.6. The maximum atomic E-state index is 12.8. The minimum atomic E-state index is 0. The summed E-state index contributed by atoms with van der Waals surface area (Å²) in [6, 6.07) is 2.54. The summed E-state index contributed by atoms with van der Waals surface area (Å²) in [6.07, 6.45) is 1.09. The molecule has 26 heavy (non-hydrogen) atoms. The van der Waals surface area contributed by atoms with Gasteiger partial charge in [-0.1, -0.05) is 11.3 Å². The van der Waals surface area contributed by atoms with Crippen LogP contribution in [0.4, 0.5) is 5.13 Å². The van der Waals surface area contributed by atoms with Gasteiger partial charge in [-0.15, -0.1) is 36.2 Å². The first-order valence-electron chi connectivity index (χ1n) is 8.43. The van der Waals surface area contributed by atoms with Gasteiger partial charge in [0.05, 0.1) is 9.58 Å². The van der Waals surface area contributed by atoms with E-state index < -0.39 is 0 Å². The predicted molar refractivity (Wildman–Crippen MR) is 115 cm³/mol. The largest absolute Gasteiger partial charge is 0.354 e. The molecule has 0 bridgehead atoms. The number of thiophene rings is 1. The van der Waals surface area contributed by atoms with Crippen molar-refractivity contribution in [3.05, 3.63) is 10.9 Å². The Bertz CT molecular complexity index is 713. The molecule has 2 aliphatic rings. The third-order valence-corrected chi connectivity index (χ3v) is 7.11. The maximum Gasteiger partial charge on any atom is 0.264 e. The molecule has 146 valence electrons. The van der Waals surface area contributed by atoms with E-state index in [0.29, 0.717) is 6.04 Å².